The molecule has 0 fully saturated rings. The number of nitrogens with zero attached hydrogens (tertiary/aromatic N) is 1. The Kier molecular flexibility index (Phi) is 13.7. The molecule has 0 aromatic rings. The predicted octanol–water partition coefficient (Wildman–Crippen LogP) is 2.20. The maximum absolute atomic E-state index is 9.95. The molecule has 0 saturated heterocycles. The Morgan fingerprint density at radius 2 is 2.09 bits per heavy atom. The number of hydrogen-bond acceptors (Lipinski definition) is 2. The van der Waals surface area contributed by atoms with Crippen LogP contribution in [-0.2, 0) is 4.79 Å². The Labute approximate surface area is 72.3 Å². The molecule has 0 spiro atoms. The first kappa shape index (κ1) is 12.8. The van der Waals surface area contributed by atoms with Crippen LogP contribution in [0.5, 0.6) is 0 Å². The molecule has 0 saturated carbocycles. The van der Waals surface area contributed by atoms with Crippen molar-refractivity contribution in [1.82, 2.24) is 0 Å². The van der Waals surface area contributed by atoms with Crippen molar-refractivity contribution in [2.45, 2.75) is 6.92 Å². The van der Waals surface area contributed by atoms with E-state index >= 15 is 0 Å². The van der Waals surface area contributed by atoms with Crippen LogP contribution in [0.25, 0.3) is 0 Å². The van der Waals surface area contributed by atoms with Gasteiger partial charge in [-0.3, -0.25) is 9.79 Å². The molecule has 0 rings (SSSR count). The van der Waals surface area contributed by atoms with Crippen molar-refractivity contribution >= 4 is 24.6 Å². The first-order valence-corrected chi connectivity index (χ1v) is 3.69. The number of halogens is 1. The van der Waals surface area contributed by atoms with Crippen molar-refractivity contribution in [3.63, 3.8) is 0 Å². The second-order valence-electron chi connectivity index (χ2n) is 1.55. The van der Waals surface area contributed by atoms with Crippen LogP contribution in [0.1, 0.15) is 6.92 Å². The molecular formula is C8H12ClNO. The lowest BCUT2D eigenvalue weighted by molar-refractivity contribution is -0.104. The number of alkyl halides is 1. The average Bonchev–Trinajstić information content (AvgIpc) is 2.08. The first-order valence-electron chi connectivity index (χ1n) is 2.93. The Morgan fingerprint density at radius 1 is 1.55 bits per heavy atom. The summed E-state index contributed by atoms with van der Waals surface area (Å²) in [5.74, 6) is 0. The molecule has 0 N–H and O–H groups in total. The Bertz CT molecular complexity index is 161. The third-order valence-corrected chi connectivity index (χ3v) is 0.736. The Balaban J connectivity index is 0. The van der Waals surface area contributed by atoms with Gasteiger partial charge in [0.05, 0.1) is 0 Å². The molecule has 0 heterocycles. The van der Waals surface area contributed by atoms with E-state index in [1.54, 1.807) is 19.1 Å². The smallest absolute Gasteiger partial charge is 0.145 e. The topological polar surface area (TPSA) is 29.4 Å². The summed E-state index contributed by atoms with van der Waals surface area (Å²) in [5, 5.41) is 0. The number of carbonyl (C=O) groups is 1. The minimum atomic E-state index is 0.676. The van der Waals surface area contributed by atoms with Gasteiger partial charge < -0.3 is 0 Å². The van der Waals surface area contributed by atoms with E-state index in [0.717, 1.165) is 6.29 Å². The summed E-state index contributed by atoms with van der Waals surface area (Å²) < 4.78 is 0. The fourth-order valence-corrected chi connectivity index (χ4v) is 0.295. The highest BCUT2D eigenvalue weighted by atomic mass is 35.5. The average molecular weight is 174 g/mol. The minimum absolute atomic E-state index is 0.676. The third-order valence-electron chi connectivity index (χ3n) is 0.736. The number of aliphatic imine (C=N–C) groups is 1. The van der Waals surface area contributed by atoms with Crippen LogP contribution in [0.2, 0.25) is 0 Å². The van der Waals surface area contributed by atoms with Crippen LogP contribution in [0.4, 0.5) is 0 Å². The third kappa shape index (κ3) is 12.3. The molecule has 0 unspecified atom stereocenters. The zero-order chi connectivity index (χ0) is 9.11. The van der Waals surface area contributed by atoms with Crippen LogP contribution in [-0.4, -0.2) is 19.4 Å². The highest BCUT2D eigenvalue weighted by molar-refractivity contribution is 6.15. The van der Waals surface area contributed by atoms with E-state index in [-0.39, 0.29) is 0 Å². The molecule has 11 heavy (non-hydrogen) atoms. The van der Waals surface area contributed by atoms with Crippen molar-refractivity contribution in [2.75, 3.05) is 6.38 Å². The molecule has 3 heteroatoms. The summed E-state index contributed by atoms with van der Waals surface area (Å²) in [5.41, 5.74) is 0.676. The van der Waals surface area contributed by atoms with Crippen molar-refractivity contribution in [3.8, 4) is 0 Å². The number of rotatable bonds is 3. The number of aldehydes is 1. The van der Waals surface area contributed by atoms with E-state index in [0.29, 0.717) is 5.57 Å². The van der Waals surface area contributed by atoms with Gasteiger partial charge in [0.2, 0.25) is 0 Å². The van der Waals surface area contributed by atoms with E-state index < -0.39 is 0 Å². The lowest BCUT2D eigenvalue weighted by atomic mass is 10.3. The molecule has 0 aromatic carbocycles. The summed E-state index contributed by atoms with van der Waals surface area (Å²) in [6.45, 7) is 4.95. The lowest BCUT2D eigenvalue weighted by Gasteiger charge is -1.77. The van der Waals surface area contributed by atoms with Crippen molar-refractivity contribution in [2.24, 2.45) is 4.99 Å². The van der Waals surface area contributed by atoms with Gasteiger partial charge in [0, 0.05) is 12.6 Å². The second kappa shape index (κ2) is 11.9. The number of allylic oxidation sites excluding steroid dienone is 3. The summed E-state index contributed by atoms with van der Waals surface area (Å²) >= 11 is 4.64. The first-order chi connectivity index (χ1) is 5.31. The monoisotopic (exact) mass is 173 g/mol. The van der Waals surface area contributed by atoms with E-state index in [1.165, 1.54) is 12.6 Å². The molecule has 0 atom stereocenters. The van der Waals surface area contributed by atoms with Crippen LogP contribution < -0.4 is 0 Å². The van der Waals surface area contributed by atoms with Gasteiger partial charge in [-0.05, 0) is 25.3 Å². The number of hydrogen-bond donors (Lipinski definition) is 0. The summed E-state index contributed by atoms with van der Waals surface area (Å²) in [6.07, 6.45) is 7.11. The molecule has 2 nitrogen and oxygen atoms in total. The molecule has 0 aromatic heterocycles. The zero-order valence-electron chi connectivity index (χ0n) is 6.75. The summed E-state index contributed by atoms with van der Waals surface area (Å²) in [4.78, 5) is 13.4. The summed E-state index contributed by atoms with van der Waals surface area (Å²) in [6, 6.07) is 0. The van der Waals surface area contributed by atoms with Crippen LogP contribution in [0, 0.1) is 0 Å². The highest BCUT2D eigenvalue weighted by Crippen LogP contribution is 1.86. The molecule has 0 radical (unpaired) electrons. The molecule has 0 amide bonds. The van der Waals surface area contributed by atoms with Crippen molar-refractivity contribution < 1.29 is 4.79 Å². The van der Waals surface area contributed by atoms with Crippen LogP contribution in [0.3, 0.4) is 0 Å². The fourth-order valence-electron chi connectivity index (χ4n) is 0.295. The van der Waals surface area contributed by atoms with Crippen molar-refractivity contribution in [3.05, 3.63) is 23.9 Å². The zero-order valence-corrected chi connectivity index (χ0v) is 7.51. The molecular weight excluding hydrogens is 162 g/mol. The fraction of sp³-hybridized carbons (Fsp3) is 0.250. The summed E-state index contributed by atoms with van der Waals surface area (Å²) in [7, 11) is 0. The lowest BCUT2D eigenvalue weighted by Crippen LogP contribution is -1.71. The Morgan fingerprint density at radius 3 is 2.45 bits per heavy atom. The predicted molar refractivity (Wildman–Crippen MR) is 50.3 cm³/mol. The number of carbonyl (C=O) groups excluding carboxylic acids is 1. The molecule has 0 aliphatic rings. The van der Waals surface area contributed by atoms with Gasteiger partial charge in [0.15, 0.2) is 0 Å². The standard InChI is InChI=1S/C7H9NO.CH3Cl/c1-7(6-9)4-3-5-8-2;1-2/h3-6H,2H2,1H3;1H3/b5-3-,7-4+;. The highest BCUT2D eigenvalue weighted by Gasteiger charge is 1.75. The van der Waals surface area contributed by atoms with Crippen LogP contribution >= 0.6 is 11.6 Å². The van der Waals surface area contributed by atoms with E-state index in [9.17, 15) is 4.79 Å². The van der Waals surface area contributed by atoms with Gasteiger partial charge in [-0.15, -0.1) is 11.6 Å². The van der Waals surface area contributed by atoms with Gasteiger partial charge in [0.1, 0.15) is 6.29 Å². The van der Waals surface area contributed by atoms with Gasteiger partial charge in [-0.2, -0.15) is 0 Å². The largest absolute Gasteiger partial charge is 0.298 e. The SMILES string of the molecule is C=N/C=C\C=C(/C)C=O.CCl. The quantitative estimate of drug-likeness (QED) is 0.212. The maximum Gasteiger partial charge on any atom is 0.145 e. The van der Waals surface area contributed by atoms with Gasteiger partial charge >= 0.3 is 0 Å². The van der Waals surface area contributed by atoms with E-state index in [1.807, 2.05) is 0 Å². The van der Waals surface area contributed by atoms with Crippen LogP contribution in [0.15, 0.2) is 28.9 Å². The minimum Gasteiger partial charge on any atom is -0.298 e. The van der Waals surface area contributed by atoms with Gasteiger partial charge in [-0.1, -0.05) is 6.08 Å². The van der Waals surface area contributed by atoms with E-state index in [4.69, 9.17) is 0 Å². The molecule has 0 aliphatic carbocycles. The molecule has 62 valence electrons. The van der Waals surface area contributed by atoms with Crippen molar-refractivity contribution in [1.29, 1.82) is 0 Å². The molecule has 0 aliphatic heterocycles. The van der Waals surface area contributed by atoms with E-state index in [2.05, 4.69) is 23.3 Å². The van der Waals surface area contributed by atoms with Gasteiger partial charge in [0.25, 0.3) is 0 Å². The maximum atomic E-state index is 9.95. The van der Waals surface area contributed by atoms with Gasteiger partial charge in [-0.25, -0.2) is 0 Å². The second-order valence-corrected chi connectivity index (χ2v) is 1.55. The molecule has 0 bridgehead atoms. The normalized spacial score (nSPS) is 10.3. The Hall–Kier alpha value is -0.890.